The lowest BCUT2D eigenvalue weighted by Crippen LogP contribution is -2.54. The molecule has 1 N–H and O–H groups in total. The summed E-state index contributed by atoms with van der Waals surface area (Å²) in [7, 11) is 0. The van der Waals surface area contributed by atoms with Crippen molar-refractivity contribution in [3.63, 3.8) is 0 Å². The molecule has 1 unspecified atom stereocenters. The van der Waals surface area contributed by atoms with Crippen molar-refractivity contribution in [3.8, 4) is 5.75 Å². The zero-order valence-electron chi connectivity index (χ0n) is 17.7. The van der Waals surface area contributed by atoms with Gasteiger partial charge >= 0.3 is 6.09 Å². The summed E-state index contributed by atoms with van der Waals surface area (Å²) in [5.74, 6) is 0.421. The summed E-state index contributed by atoms with van der Waals surface area (Å²) < 4.78 is 11.1. The maximum atomic E-state index is 13.4. The van der Waals surface area contributed by atoms with E-state index in [1.54, 1.807) is 25.7 Å². The van der Waals surface area contributed by atoms with Gasteiger partial charge in [-0.2, -0.15) is 0 Å². The molecule has 2 aliphatic rings. The molecular formula is C22H30N2O5S. The molecule has 7 nitrogen and oxygen atoms in total. The van der Waals surface area contributed by atoms with Crippen molar-refractivity contribution in [2.24, 2.45) is 0 Å². The molecule has 1 aromatic rings. The average molecular weight is 435 g/mol. The fourth-order valence-electron chi connectivity index (χ4n) is 3.89. The largest absolute Gasteiger partial charge is 0.491 e. The van der Waals surface area contributed by atoms with Crippen LogP contribution in [0.3, 0.4) is 0 Å². The lowest BCUT2D eigenvalue weighted by Gasteiger charge is -2.34. The van der Waals surface area contributed by atoms with E-state index in [-0.39, 0.29) is 18.6 Å². The molecule has 2 heterocycles. The Kier molecular flexibility index (Phi) is 6.98. The Morgan fingerprint density at radius 1 is 1.20 bits per heavy atom. The Balaban J connectivity index is 1.67. The van der Waals surface area contributed by atoms with E-state index in [2.05, 4.69) is 0 Å². The zero-order valence-corrected chi connectivity index (χ0v) is 18.6. The first kappa shape index (κ1) is 22.5. The molecule has 1 aromatic carbocycles. The molecule has 0 radical (unpaired) electrons. The highest BCUT2D eigenvalue weighted by molar-refractivity contribution is 7.80. The molecule has 0 spiro atoms. The summed E-state index contributed by atoms with van der Waals surface area (Å²) in [6.45, 7) is 6.33. The van der Waals surface area contributed by atoms with E-state index in [9.17, 15) is 14.7 Å². The lowest BCUT2D eigenvalue weighted by atomic mass is 10.1. The smallest absolute Gasteiger partial charge is 0.411 e. The van der Waals surface area contributed by atoms with Crippen molar-refractivity contribution in [3.05, 3.63) is 30.3 Å². The van der Waals surface area contributed by atoms with Gasteiger partial charge in [0.2, 0.25) is 0 Å². The van der Waals surface area contributed by atoms with Gasteiger partial charge in [-0.25, -0.2) is 4.79 Å². The number of para-hydroxylation sites is 1. The Morgan fingerprint density at radius 2 is 1.90 bits per heavy atom. The monoisotopic (exact) mass is 434 g/mol. The van der Waals surface area contributed by atoms with Crippen LogP contribution in [0.4, 0.5) is 4.79 Å². The van der Waals surface area contributed by atoms with Gasteiger partial charge in [-0.3, -0.25) is 9.69 Å². The fourth-order valence-corrected chi connectivity index (χ4v) is 4.21. The molecule has 3 rings (SSSR count). The van der Waals surface area contributed by atoms with Gasteiger partial charge in [0.25, 0.3) is 5.91 Å². The van der Waals surface area contributed by atoms with E-state index < -0.39 is 23.8 Å². The SMILES string of the molecule is CC(C)(C)OC(=O)N1CCC(=S)[C@H]1C(=O)N1CCC[C@H]1C(O)COc1ccccc1. The number of carbonyl (C=O) groups excluding carboxylic acids is 2. The van der Waals surface area contributed by atoms with Crippen LogP contribution in [0.25, 0.3) is 0 Å². The number of nitrogens with zero attached hydrogens (tertiary/aromatic N) is 2. The minimum absolute atomic E-state index is 0.0867. The summed E-state index contributed by atoms with van der Waals surface area (Å²) in [4.78, 5) is 29.6. The first-order chi connectivity index (χ1) is 14.2. The zero-order chi connectivity index (χ0) is 21.9. The molecule has 0 saturated carbocycles. The van der Waals surface area contributed by atoms with Gasteiger partial charge in [0.15, 0.2) is 0 Å². The fraction of sp³-hybridized carbons (Fsp3) is 0.591. The second kappa shape index (κ2) is 9.31. The number of hydrogen-bond acceptors (Lipinski definition) is 6. The summed E-state index contributed by atoms with van der Waals surface area (Å²) in [6.07, 6.45) is 0.580. The van der Waals surface area contributed by atoms with Gasteiger partial charge in [0.1, 0.15) is 30.1 Å². The number of benzene rings is 1. The highest BCUT2D eigenvalue weighted by Gasteiger charge is 2.45. The van der Waals surface area contributed by atoms with E-state index in [0.717, 1.165) is 6.42 Å². The first-order valence-corrected chi connectivity index (χ1v) is 10.8. The number of ether oxygens (including phenoxy) is 2. The number of carbonyl (C=O) groups is 2. The Bertz CT molecular complexity index is 779. The number of likely N-dealkylation sites (tertiary alicyclic amines) is 2. The molecule has 164 valence electrons. The van der Waals surface area contributed by atoms with Crippen LogP contribution in [0.5, 0.6) is 5.75 Å². The highest BCUT2D eigenvalue weighted by atomic mass is 32.1. The van der Waals surface area contributed by atoms with E-state index in [0.29, 0.717) is 36.5 Å². The molecule has 0 aromatic heterocycles. The summed E-state index contributed by atoms with van der Waals surface area (Å²) in [6, 6.07) is 8.06. The standard InChI is InChI=1S/C22H30N2O5S/c1-22(2,3)29-21(27)24-13-11-18(30)19(24)20(26)23-12-7-10-16(23)17(25)14-28-15-8-5-4-6-9-15/h4-6,8-9,16-17,19,25H,7,10-14H2,1-3H3/t16-,17?,19-/m0/s1. The second-order valence-electron chi connectivity index (χ2n) is 8.73. The van der Waals surface area contributed by atoms with Gasteiger partial charge in [-0.1, -0.05) is 30.4 Å². The first-order valence-electron chi connectivity index (χ1n) is 10.4. The summed E-state index contributed by atoms with van der Waals surface area (Å²) in [5, 5.41) is 10.7. The molecule has 0 bridgehead atoms. The molecule has 0 aliphatic carbocycles. The van der Waals surface area contributed by atoms with Crippen LogP contribution in [0.15, 0.2) is 30.3 Å². The van der Waals surface area contributed by atoms with Crippen LogP contribution < -0.4 is 4.74 Å². The third-order valence-corrected chi connectivity index (χ3v) is 5.70. The quantitative estimate of drug-likeness (QED) is 0.718. The van der Waals surface area contributed by atoms with Gasteiger partial charge in [0, 0.05) is 18.0 Å². The Hall–Kier alpha value is -2.19. The Morgan fingerprint density at radius 3 is 2.57 bits per heavy atom. The van der Waals surface area contributed by atoms with Crippen molar-refractivity contribution in [2.75, 3.05) is 19.7 Å². The van der Waals surface area contributed by atoms with Crippen molar-refractivity contribution in [1.29, 1.82) is 0 Å². The van der Waals surface area contributed by atoms with Crippen LogP contribution in [0, 0.1) is 0 Å². The van der Waals surface area contributed by atoms with Crippen molar-refractivity contribution in [2.45, 2.75) is 63.8 Å². The third kappa shape index (κ3) is 5.29. The molecule has 30 heavy (non-hydrogen) atoms. The topological polar surface area (TPSA) is 79.3 Å². The molecule has 2 fully saturated rings. The van der Waals surface area contributed by atoms with Gasteiger partial charge in [-0.15, -0.1) is 0 Å². The average Bonchev–Trinajstić information content (AvgIpc) is 3.32. The van der Waals surface area contributed by atoms with Crippen LogP contribution >= 0.6 is 12.2 Å². The summed E-state index contributed by atoms with van der Waals surface area (Å²) >= 11 is 5.43. The number of thiocarbonyl (C=S) groups is 1. The number of amides is 2. The molecule has 8 heteroatoms. The van der Waals surface area contributed by atoms with Crippen LogP contribution in [0.2, 0.25) is 0 Å². The number of rotatable bonds is 5. The number of aliphatic hydroxyl groups excluding tert-OH is 1. The van der Waals surface area contributed by atoms with Gasteiger partial charge in [-0.05, 0) is 52.2 Å². The van der Waals surface area contributed by atoms with Crippen molar-refractivity contribution in [1.82, 2.24) is 9.80 Å². The molecule has 2 amide bonds. The summed E-state index contributed by atoms with van der Waals surface area (Å²) in [5.41, 5.74) is -0.657. The number of aliphatic hydroxyl groups is 1. The third-order valence-electron chi connectivity index (χ3n) is 5.27. The minimum Gasteiger partial charge on any atom is -0.491 e. The molecular weight excluding hydrogens is 404 g/mol. The number of hydrogen-bond donors (Lipinski definition) is 1. The van der Waals surface area contributed by atoms with Crippen LogP contribution in [-0.4, -0.2) is 75.3 Å². The van der Waals surface area contributed by atoms with Crippen LogP contribution in [0.1, 0.15) is 40.0 Å². The minimum atomic E-state index is -0.832. The van der Waals surface area contributed by atoms with Crippen molar-refractivity contribution >= 4 is 29.1 Å². The normalized spacial score (nSPS) is 22.9. The lowest BCUT2D eigenvalue weighted by molar-refractivity contribution is -0.137. The van der Waals surface area contributed by atoms with Crippen LogP contribution in [-0.2, 0) is 9.53 Å². The maximum Gasteiger partial charge on any atom is 0.411 e. The van der Waals surface area contributed by atoms with E-state index >= 15 is 0 Å². The van der Waals surface area contributed by atoms with E-state index in [1.165, 1.54) is 4.90 Å². The van der Waals surface area contributed by atoms with Gasteiger partial charge in [0.05, 0.1) is 6.04 Å². The Labute approximate surface area is 182 Å². The predicted octanol–water partition coefficient (Wildman–Crippen LogP) is 2.80. The second-order valence-corrected chi connectivity index (χ2v) is 9.25. The van der Waals surface area contributed by atoms with E-state index in [4.69, 9.17) is 21.7 Å². The molecule has 3 atom stereocenters. The van der Waals surface area contributed by atoms with E-state index in [1.807, 2.05) is 30.3 Å². The predicted molar refractivity (Wildman–Crippen MR) is 117 cm³/mol. The highest BCUT2D eigenvalue weighted by Crippen LogP contribution is 2.27. The maximum absolute atomic E-state index is 13.4. The molecule has 2 aliphatic heterocycles. The van der Waals surface area contributed by atoms with Crippen molar-refractivity contribution < 1.29 is 24.2 Å². The molecule has 2 saturated heterocycles. The van der Waals surface area contributed by atoms with Gasteiger partial charge < -0.3 is 19.5 Å².